The van der Waals surface area contributed by atoms with Crippen LogP contribution in [0.5, 0.6) is 0 Å². The summed E-state index contributed by atoms with van der Waals surface area (Å²) >= 11 is 0. The maximum atomic E-state index is 12.4. The molecular formula is C9H11F3N4O. The largest absolute Gasteiger partial charge is 0.416 e. The van der Waals surface area contributed by atoms with Gasteiger partial charge in [0.05, 0.1) is 12.1 Å². The van der Waals surface area contributed by atoms with Gasteiger partial charge in [0, 0.05) is 7.05 Å². The molecule has 0 aliphatic heterocycles. The van der Waals surface area contributed by atoms with Crippen molar-refractivity contribution in [2.45, 2.75) is 6.18 Å². The van der Waals surface area contributed by atoms with E-state index in [0.717, 1.165) is 12.1 Å². The number of halogens is 3. The molecule has 17 heavy (non-hydrogen) atoms. The Kier molecular flexibility index (Phi) is 3.77. The van der Waals surface area contributed by atoms with Crippen LogP contribution in [0.15, 0.2) is 12.1 Å². The summed E-state index contributed by atoms with van der Waals surface area (Å²) in [6.45, 7) is -0.176. The van der Waals surface area contributed by atoms with E-state index in [0.29, 0.717) is 0 Å². The number of nitrogens with one attached hydrogen (secondary N) is 2. The summed E-state index contributed by atoms with van der Waals surface area (Å²) in [6.07, 6.45) is -4.50. The van der Waals surface area contributed by atoms with Gasteiger partial charge in [0.25, 0.3) is 0 Å². The van der Waals surface area contributed by atoms with Crippen LogP contribution in [0, 0.1) is 0 Å². The highest BCUT2D eigenvalue weighted by Gasteiger charge is 2.31. The third-order valence-electron chi connectivity index (χ3n) is 1.88. The zero-order chi connectivity index (χ0) is 13.1. The molecule has 0 radical (unpaired) electrons. The maximum Gasteiger partial charge on any atom is 0.416 e. The molecule has 0 fully saturated rings. The molecule has 0 aliphatic rings. The minimum atomic E-state index is -4.50. The second-order valence-electron chi connectivity index (χ2n) is 3.19. The topological polar surface area (TPSA) is 80.0 Å². The minimum absolute atomic E-state index is 0.0964. The van der Waals surface area contributed by atoms with Crippen LogP contribution in [0.3, 0.4) is 0 Å². The average molecular weight is 248 g/mol. The summed E-state index contributed by atoms with van der Waals surface area (Å²) in [6, 6.07) is 1.52. The normalized spacial score (nSPS) is 11.1. The second-order valence-corrected chi connectivity index (χ2v) is 3.19. The van der Waals surface area contributed by atoms with Gasteiger partial charge in [0.15, 0.2) is 0 Å². The SMILES string of the molecule is CNC(=O)CNc1cc(C(F)(F)F)cc(N)n1. The Morgan fingerprint density at radius 3 is 2.65 bits per heavy atom. The molecule has 0 bridgehead atoms. The van der Waals surface area contributed by atoms with Crippen LogP contribution in [-0.4, -0.2) is 24.5 Å². The van der Waals surface area contributed by atoms with E-state index < -0.39 is 11.7 Å². The number of nitrogens with two attached hydrogens (primary N) is 1. The molecule has 4 N–H and O–H groups in total. The van der Waals surface area contributed by atoms with E-state index in [1.54, 1.807) is 0 Å². The number of hydrogen-bond acceptors (Lipinski definition) is 4. The molecule has 0 aromatic carbocycles. The highest BCUT2D eigenvalue weighted by Crippen LogP contribution is 2.31. The number of likely N-dealkylation sites (N-methyl/N-ethyl adjacent to an activating group) is 1. The molecule has 1 aromatic heterocycles. The molecule has 5 nitrogen and oxygen atoms in total. The molecule has 1 amide bonds. The summed E-state index contributed by atoms with van der Waals surface area (Å²) in [7, 11) is 1.41. The molecule has 8 heteroatoms. The van der Waals surface area contributed by atoms with Crippen molar-refractivity contribution in [3.8, 4) is 0 Å². The zero-order valence-electron chi connectivity index (χ0n) is 8.93. The van der Waals surface area contributed by atoms with Crippen LogP contribution in [0.2, 0.25) is 0 Å². The van der Waals surface area contributed by atoms with E-state index in [2.05, 4.69) is 15.6 Å². The van der Waals surface area contributed by atoms with Crippen molar-refractivity contribution in [1.29, 1.82) is 0 Å². The van der Waals surface area contributed by atoms with E-state index >= 15 is 0 Å². The van der Waals surface area contributed by atoms with Gasteiger partial charge < -0.3 is 16.4 Å². The molecule has 0 spiro atoms. The van der Waals surface area contributed by atoms with Gasteiger partial charge in [-0.2, -0.15) is 13.2 Å². The van der Waals surface area contributed by atoms with E-state index in [1.165, 1.54) is 7.05 Å². The molecule has 0 saturated heterocycles. The van der Waals surface area contributed by atoms with Crippen molar-refractivity contribution in [3.05, 3.63) is 17.7 Å². The molecule has 94 valence electrons. The zero-order valence-corrected chi connectivity index (χ0v) is 8.93. The van der Waals surface area contributed by atoms with Gasteiger partial charge in [0.1, 0.15) is 11.6 Å². The average Bonchev–Trinajstić information content (AvgIpc) is 2.24. The third kappa shape index (κ3) is 3.82. The summed E-state index contributed by atoms with van der Waals surface area (Å²) in [5.41, 5.74) is 4.33. The number of carbonyl (C=O) groups is 1. The number of amides is 1. The van der Waals surface area contributed by atoms with Gasteiger partial charge in [-0.15, -0.1) is 0 Å². The van der Waals surface area contributed by atoms with Gasteiger partial charge in [-0.1, -0.05) is 0 Å². The van der Waals surface area contributed by atoms with E-state index in [4.69, 9.17) is 5.73 Å². The number of pyridine rings is 1. The van der Waals surface area contributed by atoms with Crippen LogP contribution in [-0.2, 0) is 11.0 Å². The van der Waals surface area contributed by atoms with Crippen molar-refractivity contribution in [1.82, 2.24) is 10.3 Å². The van der Waals surface area contributed by atoms with Crippen LogP contribution in [0.4, 0.5) is 24.8 Å². The van der Waals surface area contributed by atoms with E-state index in [-0.39, 0.29) is 24.1 Å². The number of rotatable bonds is 3. The Hall–Kier alpha value is -1.99. The van der Waals surface area contributed by atoms with Crippen molar-refractivity contribution in [2.24, 2.45) is 0 Å². The molecule has 0 saturated carbocycles. The molecule has 0 unspecified atom stereocenters. The molecular weight excluding hydrogens is 237 g/mol. The summed E-state index contributed by atoms with van der Waals surface area (Å²) in [4.78, 5) is 14.5. The molecule has 0 atom stereocenters. The first-order chi connectivity index (χ1) is 7.82. The van der Waals surface area contributed by atoms with Crippen molar-refractivity contribution >= 4 is 17.5 Å². The number of nitrogen functional groups attached to an aromatic ring is 1. The van der Waals surface area contributed by atoms with Gasteiger partial charge in [-0.05, 0) is 12.1 Å². The van der Waals surface area contributed by atoms with Crippen LogP contribution in [0.1, 0.15) is 5.56 Å². The minimum Gasteiger partial charge on any atom is -0.384 e. The van der Waals surface area contributed by atoms with Crippen LogP contribution in [0.25, 0.3) is 0 Å². The van der Waals surface area contributed by atoms with E-state index in [1.807, 2.05) is 0 Å². The highest BCUT2D eigenvalue weighted by molar-refractivity contribution is 5.80. The Labute approximate surface area is 95.2 Å². The predicted molar refractivity (Wildman–Crippen MR) is 56.2 cm³/mol. The van der Waals surface area contributed by atoms with Crippen LogP contribution >= 0.6 is 0 Å². The van der Waals surface area contributed by atoms with Gasteiger partial charge >= 0.3 is 6.18 Å². The molecule has 0 aliphatic carbocycles. The summed E-state index contributed by atoms with van der Waals surface area (Å²) in [5, 5.41) is 4.76. The van der Waals surface area contributed by atoms with Crippen LogP contribution < -0.4 is 16.4 Å². The van der Waals surface area contributed by atoms with Crippen molar-refractivity contribution < 1.29 is 18.0 Å². The number of anilines is 2. The Morgan fingerprint density at radius 1 is 1.47 bits per heavy atom. The lowest BCUT2D eigenvalue weighted by molar-refractivity contribution is -0.137. The predicted octanol–water partition coefficient (Wildman–Crippen LogP) is 0.840. The third-order valence-corrected chi connectivity index (χ3v) is 1.88. The fraction of sp³-hybridized carbons (Fsp3) is 0.333. The van der Waals surface area contributed by atoms with Gasteiger partial charge in [0.2, 0.25) is 5.91 Å². The first-order valence-electron chi connectivity index (χ1n) is 4.62. The second kappa shape index (κ2) is 4.89. The fourth-order valence-electron chi connectivity index (χ4n) is 1.07. The van der Waals surface area contributed by atoms with Gasteiger partial charge in [-0.3, -0.25) is 4.79 Å². The number of carbonyl (C=O) groups excluding carboxylic acids is 1. The number of aromatic nitrogens is 1. The maximum absolute atomic E-state index is 12.4. The highest BCUT2D eigenvalue weighted by atomic mass is 19.4. The van der Waals surface area contributed by atoms with Crippen molar-refractivity contribution in [3.63, 3.8) is 0 Å². The lowest BCUT2D eigenvalue weighted by atomic mass is 10.2. The molecule has 1 aromatic rings. The molecule has 1 rings (SSSR count). The smallest absolute Gasteiger partial charge is 0.384 e. The fourth-order valence-corrected chi connectivity index (χ4v) is 1.07. The monoisotopic (exact) mass is 248 g/mol. The Balaban J connectivity index is 2.87. The Morgan fingerprint density at radius 2 is 2.12 bits per heavy atom. The first-order valence-corrected chi connectivity index (χ1v) is 4.62. The number of nitrogens with zero attached hydrogens (tertiary/aromatic N) is 1. The summed E-state index contributed by atoms with van der Waals surface area (Å²) in [5.74, 6) is -0.733. The number of hydrogen-bond donors (Lipinski definition) is 3. The van der Waals surface area contributed by atoms with E-state index in [9.17, 15) is 18.0 Å². The Bertz CT molecular complexity index is 419. The lowest BCUT2D eigenvalue weighted by Crippen LogP contribution is -2.26. The number of alkyl halides is 3. The van der Waals surface area contributed by atoms with Gasteiger partial charge in [-0.25, -0.2) is 4.98 Å². The standard InChI is InChI=1S/C9H11F3N4O/c1-14-8(17)4-15-7-3-5(9(10,11)12)2-6(13)16-7/h2-3H,4H2,1H3,(H,14,17)(H3,13,15,16). The quantitative estimate of drug-likeness (QED) is 0.740. The summed E-state index contributed by atoms with van der Waals surface area (Å²) < 4.78 is 37.3. The van der Waals surface area contributed by atoms with Crippen molar-refractivity contribution in [2.75, 3.05) is 24.6 Å². The molecule has 1 heterocycles. The lowest BCUT2D eigenvalue weighted by Gasteiger charge is -2.10. The first kappa shape index (κ1) is 13.1.